The number of carboxylic acids is 1. The molecule has 1 aromatic carbocycles. The first kappa shape index (κ1) is 8.10. The number of fused-ring (bicyclic) bond motifs is 1. The molecular weight excluding hydrogens is 166 g/mol. The summed E-state index contributed by atoms with van der Waals surface area (Å²) in [6.45, 7) is 0. The Kier molecular flexibility index (Phi) is 1.93. The fourth-order valence-electron chi connectivity index (χ4n) is 1.62. The van der Waals surface area contributed by atoms with Crippen LogP contribution in [0, 0.1) is 0 Å². The molecule has 0 saturated heterocycles. The number of benzene rings is 1. The van der Waals surface area contributed by atoms with Gasteiger partial charge in [-0.05, 0) is 24.5 Å². The SMILES string of the molecule is O=C(O)[C@@H]1CCc2ccccc2N1. The smallest absolute Gasteiger partial charge is 0.326 e. The molecule has 1 atom stereocenters. The van der Waals surface area contributed by atoms with Gasteiger partial charge in [-0.2, -0.15) is 0 Å². The fourth-order valence-corrected chi connectivity index (χ4v) is 1.62. The Bertz CT molecular complexity index is 335. The number of nitrogens with one attached hydrogen (secondary N) is 1. The molecular formula is C10H11NO2. The number of rotatable bonds is 1. The Labute approximate surface area is 76.4 Å². The Morgan fingerprint density at radius 2 is 2.23 bits per heavy atom. The second-order valence-electron chi connectivity index (χ2n) is 3.23. The first-order chi connectivity index (χ1) is 6.27. The summed E-state index contributed by atoms with van der Waals surface area (Å²) in [7, 11) is 0. The number of hydrogen-bond donors (Lipinski definition) is 2. The maximum atomic E-state index is 10.7. The van der Waals surface area contributed by atoms with E-state index in [0.29, 0.717) is 6.42 Å². The van der Waals surface area contributed by atoms with Crippen LogP contribution in [0.4, 0.5) is 5.69 Å². The van der Waals surface area contributed by atoms with Crippen LogP contribution in [0.1, 0.15) is 12.0 Å². The number of hydrogen-bond acceptors (Lipinski definition) is 2. The van der Waals surface area contributed by atoms with Crippen LogP contribution in [0.25, 0.3) is 0 Å². The van der Waals surface area contributed by atoms with Crippen molar-refractivity contribution in [2.24, 2.45) is 0 Å². The van der Waals surface area contributed by atoms with Crippen molar-refractivity contribution in [1.82, 2.24) is 0 Å². The topological polar surface area (TPSA) is 49.3 Å². The number of carbonyl (C=O) groups is 1. The molecule has 2 rings (SSSR count). The number of para-hydroxylation sites is 1. The highest BCUT2D eigenvalue weighted by molar-refractivity contribution is 5.78. The zero-order valence-electron chi connectivity index (χ0n) is 7.16. The van der Waals surface area contributed by atoms with Gasteiger partial charge in [0, 0.05) is 5.69 Å². The lowest BCUT2D eigenvalue weighted by atomic mass is 9.98. The summed E-state index contributed by atoms with van der Waals surface area (Å²) in [6.07, 6.45) is 1.52. The predicted octanol–water partition coefficient (Wildman–Crippen LogP) is 1.50. The van der Waals surface area contributed by atoms with Crippen molar-refractivity contribution in [3.63, 3.8) is 0 Å². The van der Waals surface area contributed by atoms with Crippen LogP contribution in [0.5, 0.6) is 0 Å². The van der Waals surface area contributed by atoms with Gasteiger partial charge in [0.2, 0.25) is 0 Å². The summed E-state index contributed by atoms with van der Waals surface area (Å²) in [6, 6.07) is 7.41. The zero-order chi connectivity index (χ0) is 9.26. The van der Waals surface area contributed by atoms with E-state index in [2.05, 4.69) is 5.32 Å². The summed E-state index contributed by atoms with van der Waals surface area (Å²) < 4.78 is 0. The molecule has 68 valence electrons. The minimum absolute atomic E-state index is 0.421. The summed E-state index contributed by atoms with van der Waals surface area (Å²) in [5.74, 6) is -0.769. The highest BCUT2D eigenvalue weighted by Gasteiger charge is 2.22. The molecule has 0 radical (unpaired) electrons. The van der Waals surface area contributed by atoms with Gasteiger partial charge in [0.1, 0.15) is 6.04 Å². The molecule has 0 saturated carbocycles. The molecule has 0 bridgehead atoms. The summed E-state index contributed by atoms with van der Waals surface area (Å²) in [5.41, 5.74) is 2.17. The second kappa shape index (κ2) is 3.09. The number of anilines is 1. The molecule has 0 aliphatic carbocycles. The first-order valence-electron chi connectivity index (χ1n) is 4.34. The minimum Gasteiger partial charge on any atom is -0.480 e. The van der Waals surface area contributed by atoms with Crippen molar-refractivity contribution in [3.8, 4) is 0 Å². The average molecular weight is 177 g/mol. The zero-order valence-corrected chi connectivity index (χ0v) is 7.16. The quantitative estimate of drug-likeness (QED) is 0.683. The van der Waals surface area contributed by atoms with Gasteiger partial charge in [0.05, 0.1) is 0 Å². The van der Waals surface area contributed by atoms with Crippen LogP contribution in [0.3, 0.4) is 0 Å². The van der Waals surface area contributed by atoms with Crippen molar-refractivity contribution in [3.05, 3.63) is 29.8 Å². The lowest BCUT2D eigenvalue weighted by molar-refractivity contribution is -0.138. The summed E-state index contributed by atoms with van der Waals surface area (Å²) >= 11 is 0. The monoisotopic (exact) mass is 177 g/mol. The van der Waals surface area contributed by atoms with Gasteiger partial charge in [-0.15, -0.1) is 0 Å². The van der Waals surface area contributed by atoms with Crippen LogP contribution in [-0.2, 0) is 11.2 Å². The van der Waals surface area contributed by atoms with Crippen LogP contribution in [-0.4, -0.2) is 17.1 Å². The van der Waals surface area contributed by atoms with E-state index in [4.69, 9.17) is 5.11 Å². The Morgan fingerprint density at radius 1 is 1.46 bits per heavy atom. The summed E-state index contributed by atoms with van der Waals surface area (Å²) in [5, 5.41) is 11.8. The van der Waals surface area contributed by atoms with Crippen molar-refractivity contribution in [2.45, 2.75) is 18.9 Å². The van der Waals surface area contributed by atoms with Gasteiger partial charge >= 0.3 is 5.97 Å². The highest BCUT2D eigenvalue weighted by Crippen LogP contribution is 2.23. The van der Waals surface area contributed by atoms with E-state index in [0.717, 1.165) is 12.1 Å². The molecule has 0 spiro atoms. The molecule has 1 aromatic rings. The normalized spacial score (nSPS) is 20.2. The third-order valence-corrected chi connectivity index (χ3v) is 2.35. The van der Waals surface area contributed by atoms with E-state index >= 15 is 0 Å². The lowest BCUT2D eigenvalue weighted by Gasteiger charge is -2.23. The molecule has 1 aliphatic rings. The molecule has 0 amide bonds. The van der Waals surface area contributed by atoms with Gasteiger partial charge in [-0.25, -0.2) is 4.79 Å². The molecule has 3 heteroatoms. The molecule has 1 aliphatic heterocycles. The fraction of sp³-hybridized carbons (Fsp3) is 0.300. The minimum atomic E-state index is -0.769. The van der Waals surface area contributed by atoms with Crippen LogP contribution in [0.15, 0.2) is 24.3 Å². The van der Waals surface area contributed by atoms with Crippen molar-refractivity contribution in [2.75, 3.05) is 5.32 Å². The molecule has 1 heterocycles. The van der Waals surface area contributed by atoms with Gasteiger partial charge in [-0.3, -0.25) is 0 Å². The number of aliphatic carboxylic acids is 1. The van der Waals surface area contributed by atoms with E-state index < -0.39 is 12.0 Å². The number of aryl methyl sites for hydroxylation is 1. The van der Waals surface area contributed by atoms with Gasteiger partial charge in [-0.1, -0.05) is 18.2 Å². The molecule has 3 nitrogen and oxygen atoms in total. The first-order valence-corrected chi connectivity index (χ1v) is 4.34. The second-order valence-corrected chi connectivity index (χ2v) is 3.23. The highest BCUT2D eigenvalue weighted by atomic mass is 16.4. The maximum Gasteiger partial charge on any atom is 0.326 e. The molecule has 0 fully saturated rings. The number of carboxylic acid groups (broad SMARTS) is 1. The van der Waals surface area contributed by atoms with E-state index in [1.165, 1.54) is 5.56 Å². The van der Waals surface area contributed by atoms with E-state index in [-0.39, 0.29) is 0 Å². The molecule has 13 heavy (non-hydrogen) atoms. The predicted molar refractivity (Wildman–Crippen MR) is 49.8 cm³/mol. The summed E-state index contributed by atoms with van der Waals surface area (Å²) in [4.78, 5) is 10.7. The standard InChI is InChI=1S/C10H11NO2/c12-10(13)9-6-5-7-3-1-2-4-8(7)11-9/h1-4,9,11H,5-6H2,(H,12,13)/t9-/m0/s1. The Balaban J connectivity index is 2.24. The van der Waals surface area contributed by atoms with Crippen LogP contribution < -0.4 is 5.32 Å². The van der Waals surface area contributed by atoms with Crippen molar-refractivity contribution >= 4 is 11.7 Å². The van der Waals surface area contributed by atoms with E-state index in [1.807, 2.05) is 24.3 Å². The third kappa shape index (κ3) is 1.49. The Hall–Kier alpha value is -1.51. The Morgan fingerprint density at radius 3 is 3.00 bits per heavy atom. The third-order valence-electron chi connectivity index (χ3n) is 2.35. The average Bonchev–Trinajstić information content (AvgIpc) is 2.17. The van der Waals surface area contributed by atoms with Crippen LogP contribution in [0.2, 0.25) is 0 Å². The maximum absolute atomic E-state index is 10.7. The molecule has 0 aromatic heterocycles. The van der Waals surface area contributed by atoms with Gasteiger partial charge < -0.3 is 10.4 Å². The van der Waals surface area contributed by atoms with Crippen molar-refractivity contribution < 1.29 is 9.90 Å². The van der Waals surface area contributed by atoms with Crippen LogP contribution >= 0.6 is 0 Å². The largest absolute Gasteiger partial charge is 0.480 e. The van der Waals surface area contributed by atoms with Gasteiger partial charge in [0.25, 0.3) is 0 Å². The van der Waals surface area contributed by atoms with Crippen molar-refractivity contribution in [1.29, 1.82) is 0 Å². The molecule has 0 unspecified atom stereocenters. The van der Waals surface area contributed by atoms with E-state index in [9.17, 15) is 4.79 Å². The van der Waals surface area contributed by atoms with Gasteiger partial charge in [0.15, 0.2) is 0 Å². The molecule has 2 N–H and O–H groups in total. The van der Waals surface area contributed by atoms with E-state index in [1.54, 1.807) is 0 Å². The lowest BCUT2D eigenvalue weighted by Crippen LogP contribution is -2.33.